The smallest absolute Gasteiger partial charge is 0.354 e. The minimum absolute atomic E-state index is 0.121. The molecule has 146 valence electrons. The molecule has 0 saturated carbocycles. The number of aryl methyl sites for hydroxylation is 1. The fourth-order valence-corrected chi connectivity index (χ4v) is 2.57. The first-order chi connectivity index (χ1) is 12.6. The van der Waals surface area contributed by atoms with Crippen molar-refractivity contribution in [3.05, 3.63) is 47.3 Å². The maximum Gasteiger partial charge on any atom is 0.354 e. The van der Waals surface area contributed by atoms with Gasteiger partial charge in [0.1, 0.15) is 5.60 Å². The third-order valence-electron chi connectivity index (χ3n) is 3.79. The molecule has 0 unspecified atom stereocenters. The third kappa shape index (κ3) is 5.92. The summed E-state index contributed by atoms with van der Waals surface area (Å²) in [4.78, 5) is 23.4. The second kappa shape index (κ2) is 8.35. The van der Waals surface area contributed by atoms with Crippen LogP contribution in [0.2, 0.25) is 0 Å². The van der Waals surface area contributed by atoms with Crippen molar-refractivity contribution in [2.45, 2.75) is 46.8 Å². The molecule has 0 aliphatic rings. The molecule has 7 heteroatoms. The SMILES string of the molecule is Cc1cc(C(=O)O)n(-c2cccc(CNC[C@H](C)C(=O)OC(C)(C)C)c2)n1. The third-order valence-corrected chi connectivity index (χ3v) is 3.79. The fraction of sp³-hybridized carbons (Fsp3) is 0.450. The van der Waals surface area contributed by atoms with Gasteiger partial charge in [-0.1, -0.05) is 19.1 Å². The number of carboxylic acids is 1. The summed E-state index contributed by atoms with van der Waals surface area (Å²) in [6, 6.07) is 9.02. The van der Waals surface area contributed by atoms with E-state index in [1.54, 1.807) is 6.92 Å². The first-order valence-electron chi connectivity index (χ1n) is 8.89. The molecule has 0 radical (unpaired) electrons. The number of nitrogens with zero attached hydrogens (tertiary/aromatic N) is 2. The van der Waals surface area contributed by atoms with Crippen LogP contribution in [-0.2, 0) is 16.1 Å². The molecule has 1 atom stereocenters. The largest absolute Gasteiger partial charge is 0.477 e. The van der Waals surface area contributed by atoms with E-state index >= 15 is 0 Å². The molecule has 0 aliphatic heterocycles. The van der Waals surface area contributed by atoms with Gasteiger partial charge in [0.25, 0.3) is 0 Å². The lowest BCUT2D eigenvalue weighted by molar-refractivity contribution is -0.159. The Morgan fingerprint density at radius 3 is 2.63 bits per heavy atom. The van der Waals surface area contributed by atoms with Crippen molar-refractivity contribution < 1.29 is 19.4 Å². The molecule has 2 aromatic rings. The predicted molar refractivity (Wildman–Crippen MR) is 102 cm³/mol. The lowest BCUT2D eigenvalue weighted by Gasteiger charge is -2.22. The van der Waals surface area contributed by atoms with Gasteiger partial charge in [0.15, 0.2) is 5.69 Å². The van der Waals surface area contributed by atoms with Gasteiger partial charge in [-0.2, -0.15) is 5.10 Å². The van der Waals surface area contributed by atoms with Crippen LogP contribution in [0.15, 0.2) is 30.3 Å². The topological polar surface area (TPSA) is 93.5 Å². The first-order valence-corrected chi connectivity index (χ1v) is 8.89. The average Bonchev–Trinajstić information content (AvgIpc) is 2.96. The fourth-order valence-electron chi connectivity index (χ4n) is 2.57. The van der Waals surface area contributed by atoms with Crippen molar-refractivity contribution in [1.82, 2.24) is 15.1 Å². The van der Waals surface area contributed by atoms with Gasteiger partial charge in [-0.25, -0.2) is 9.48 Å². The van der Waals surface area contributed by atoms with Crippen molar-refractivity contribution in [2.24, 2.45) is 5.92 Å². The molecule has 1 aromatic carbocycles. The number of benzene rings is 1. The van der Waals surface area contributed by atoms with Crippen LogP contribution in [0.5, 0.6) is 0 Å². The minimum atomic E-state index is -1.02. The van der Waals surface area contributed by atoms with Gasteiger partial charge in [0.2, 0.25) is 0 Å². The highest BCUT2D eigenvalue weighted by atomic mass is 16.6. The van der Waals surface area contributed by atoms with E-state index < -0.39 is 11.6 Å². The zero-order valence-electron chi connectivity index (χ0n) is 16.4. The molecule has 2 N–H and O–H groups in total. The summed E-state index contributed by atoms with van der Waals surface area (Å²) in [5, 5.41) is 16.8. The summed E-state index contributed by atoms with van der Waals surface area (Å²) in [6.45, 7) is 10.1. The van der Waals surface area contributed by atoms with Gasteiger partial charge >= 0.3 is 11.9 Å². The standard InChI is InChI=1S/C20H27N3O4/c1-13(19(26)27-20(3,4)5)11-21-12-15-7-6-8-16(10-15)23-17(18(24)25)9-14(2)22-23/h6-10,13,21H,11-12H2,1-5H3,(H,24,25)/t13-/m0/s1. The Kier molecular flexibility index (Phi) is 6.38. The molecular formula is C20H27N3O4. The molecule has 0 spiro atoms. The Hall–Kier alpha value is -2.67. The zero-order valence-corrected chi connectivity index (χ0v) is 16.4. The Morgan fingerprint density at radius 2 is 2.00 bits per heavy atom. The first kappa shape index (κ1) is 20.6. The molecule has 1 aromatic heterocycles. The molecule has 0 aliphatic carbocycles. The number of nitrogens with one attached hydrogen (secondary N) is 1. The number of rotatable bonds is 7. The number of carbonyl (C=O) groups excluding carboxylic acids is 1. The van der Waals surface area contributed by atoms with E-state index in [2.05, 4.69) is 10.4 Å². The summed E-state index contributed by atoms with van der Waals surface area (Å²) in [7, 11) is 0. The second-order valence-corrected chi connectivity index (χ2v) is 7.62. The number of aromatic nitrogens is 2. The molecule has 27 heavy (non-hydrogen) atoms. The summed E-state index contributed by atoms with van der Waals surface area (Å²) < 4.78 is 6.79. The molecular weight excluding hydrogens is 346 g/mol. The molecule has 1 heterocycles. The van der Waals surface area contributed by atoms with Gasteiger partial charge in [-0.15, -0.1) is 0 Å². The Balaban J connectivity index is 2.01. The van der Waals surface area contributed by atoms with E-state index in [9.17, 15) is 14.7 Å². The van der Waals surface area contributed by atoms with Crippen LogP contribution in [0, 0.1) is 12.8 Å². The highest BCUT2D eigenvalue weighted by Crippen LogP contribution is 2.15. The number of aromatic carboxylic acids is 1. The molecule has 0 bridgehead atoms. The highest BCUT2D eigenvalue weighted by molar-refractivity contribution is 5.86. The zero-order chi connectivity index (χ0) is 20.2. The van der Waals surface area contributed by atoms with Crippen LogP contribution in [0.4, 0.5) is 0 Å². The van der Waals surface area contributed by atoms with Gasteiger partial charge < -0.3 is 15.2 Å². The van der Waals surface area contributed by atoms with E-state index in [0.717, 1.165) is 5.56 Å². The minimum Gasteiger partial charge on any atom is -0.477 e. The maximum atomic E-state index is 12.0. The van der Waals surface area contributed by atoms with Gasteiger partial charge in [0, 0.05) is 13.1 Å². The molecule has 0 amide bonds. The lowest BCUT2D eigenvalue weighted by atomic mass is 10.1. The summed E-state index contributed by atoms with van der Waals surface area (Å²) in [6.07, 6.45) is 0. The Labute approximate surface area is 159 Å². The van der Waals surface area contributed by atoms with Crippen molar-refractivity contribution in [3.8, 4) is 5.69 Å². The van der Waals surface area contributed by atoms with Crippen LogP contribution in [-0.4, -0.2) is 39.0 Å². The summed E-state index contributed by atoms with van der Waals surface area (Å²) >= 11 is 0. The molecule has 7 nitrogen and oxygen atoms in total. The van der Waals surface area contributed by atoms with E-state index in [1.807, 2.05) is 52.0 Å². The highest BCUT2D eigenvalue weighted by Gasteiger charge is 2.21. The average molecular weight is 373 g/mol. The van der Waals surface area contributed by atoms with Crippen molar-refractivity contribution in [1.29, 1.82) is 0 Å². The van der Waals surface area contributed by atoms with Crippen molar-refractivity contribution in [2.75, 3.05) is 6.54 Å². The van der Waals surface area contributed by atoms with E-state index in [1.165, 1.54) is 10.7 Å². The number of carbonyl (C=O) groups is 2. The van der Waals surface area contributed by atoms with E-state index in [-0.39, 0.29) is 17.6 Å². The van der Waals surface area contributed by atoms with Crippen molar-refractivity contribution >= 4 is 11.9 Å². The normalized spacial score (nSPS) is 12.6. The van der Waals surface area contributed by atoms with Crippen molar-refractivity contribution in [3.63, 3.8) is 0 Å². The number of ether oxygens (including phenoxy) is 1. The molecule has 0 saturated heterocycles. The number of hydrogen-bond donors (Lipinski definition) is 2. The van der Waals surface area contributed by atoms with Crippen LogP contribution in [0.25, 0.3) is 5.69 Å². The maximum absolute atomic E-state index is 12.0. The number of esters is 1. The molecule has 2 rings (SSSR count). The van der Waals surface area contributed by atoms with E-state index in [0.29, 0.717) is 24.5 Å². The summed E-state index contributed by atoms with van der Waals surface area (Å²) in [5.74, 6) is -1.52. The Bertz CT molecular complexity index is 821. The van der Waals surface area contributed by atoms with Gasteiger partial charge in [-0.3, -0.25) is 4.79 Å². The van der Waals surface area contributed by atoms with Crippen LogP contribution < -0.4 is 5.32 Å². The van der Waals surface area contributed by atoms with Gasteiger partial charge in [-0.05, 0) is 51.5 Å². The predicted octanol–water partition coefficient (Wildman–Crippen LogP) is 2.95. The number of carboxylic acid groups (broad SMARTS) is 1. The lowest BCUT2D eigenvalue weighted by Crippen LogP contribution is -2.32. The van der Waals surface area contributed by atoms with E-state index in [4.69, 9.17) is 4.74 Å². The Morgan fingerprint density at radius 1 is 1.30 bits per heavy atom. The second-order valence-electron chi connectivity index (χ2n) is 7.62. The molecule has 0 fully saturated rings. The number of hydrogen-bond acceptors (Lipinski definition) is 5. The van der Waals surface area contributed by atoms with Crippen LogP contribution in [0.1, 0.15) is 49.4 Å². The van der Waals surface area contributed by atoms with Gasteiger partial charge in [0.05, 0.1) is 17.3 Å². The summed E-state index contributed by atoms with van der Waals surface area (Å²) in [5.41, 5.74) is 1.91. The van der Waals surface area contributed by atoms with Crippen LogP contribution >= 0.6 is 0 Å². The monoisotopic (exact) mass is 373 g/mol. The quantitative estimate of drug-likeness (QED) is 0.725. The van der Waals surface area contributed by atoms with Crippen LogP contribution in [0.3, 0.4) is 0 Å².